The third-order valence-corrected chi connectivity index (χ3v) is 0.484. The minimum absolute atomic E-state index is 0. The number of carbonyl (C=O) groups excluding carboxylic acids is 1. The first-order chi connectivity index (χ1) is 5.54. The van der Waals surface area contributed by atoms with Gasteiger partial charge in [-0.3, -0.25) is 0 Å². The van der Waals surface area contributed by atoms with Gasteiger partial charge in [-0.25, -0.2) is 4.79 Å². The number of hydrogen-bond donors (Lipinski definition) is 1. The van der Waals surface area contributed by atoms with E-state index in [0.717, 1.165) is 6.08 Å². The van der Waals surface area contributed by atoms with E-state index in [1.165, 1.54) is 0 Å². The van der Waals surface area contributed by atoms with Gasteiger partial charge in [-0.05, 0) is 28.1 Å². The van der Waals surface area contributed by atoms with E-state index >= 15 is 0 Å². The SMILES string of the molecule is C=CC(=O)ONCC.CN(C)C.Cl.Cl. The molecular weight excluding hydrogens is 227 g/mol. The van der Waals surface area contributed by atoms with Crippen molar-refractivity contribution in [1.82, 2.24) is 10.4 Å². The Morgan fingerprint density at radius 3 is 2.00 bits per heavy atom. The molecule has 0 atom stereocenters. The summed E-state index contributed by atoms with van der Waals surface area (Å²) in [6, 6.07) is 0. The van der Waals surface area contributed by atoms with E-state index in [9.17, 15) is 4.79 Å². The highest BCUT2D eigenvalue weighted by molar-refractivity contribution is 5.85. The van der Waals surface area contributed by atoms with Crippen LogP contribution in [0.25, 0.3) is 0 Å². The molecule has 0 rings (SSSR count). The summed E-state index contributed by atoms with van der Waals surface area (Å²) in [4.78, 5) is 16.5. The number of hydrogen-bond acceptors (Lipinski definition) is 4. The van der Waals surface area contributed by atoms with E-state index in [2.05, 4.69) is 16.9 Å². The summed E-state index contributed by atoms with van der Waals surface area (Å²) in [6.07, 6.45) is 1.10. The van der Waals surface area contributed by atoms with Crippen LogP contribution in [0.2, 0.25) is 0 Å². The van der Waals surface area contributed by atoms with Crippen molar-refractivity contribution < 1.29 is 9.63 Å². The quantitative estimate of drug-likeness (QED) is 0.602. The molecule has 0 heterocycles. The van der Waals surface area contributed by atoms with Gasteiger partial charge in [0.2, 0.25) is 0 Å². The largest absolute Gasteiger partial charge is 0.367 e. The van der Waals surface area contributed by atoms with E-state index < -0.39 is 5.97 Å². The molecule has 0 aromatic carbocycles. The Kier molecular flexibility index (Phi) is 31.0. The predicted molar refractivity (Wildman–Crippen MR) is 64.1 cm³/mol. The number of rotatable bonds is 3. The standard InChI is InChI=1S/C5H9NO2.C3H9N.2ClH/c1-3-5(7)8-6-4-2;1-4(2)3;;/h3,6H,1,4H2,2H3;1-3H3;2*1H. The van der Waals surface area contributed by atoms with Crippen LogP contribution in [-0.2, 0) is 9.63 Å². The lowest BCUT2D eigenvalue weighted by Crippen LogP contribution is -2.17. The van der Waals surface area contributed by atoms with Crippen LogP contribution in [0.4, 0.5) is 0 Å². The smallest absolute Gasteiger partial charge is 0.348 e. The number of nitrogens with zero attached hydrogens (tertiary/aromatic N) is 1. The Balaban J connectivity index is -0.0000000733. The van der Waals surface area contributed by atoms with Crippen molar-refractivity contribution in [3.05, 3.63) is 12.7 Å². The van der Waals surface area contributed by atoms with Crippen molar-refractivity contribution in [3.63, 3.8) is 0 Å². The Labute approximate surface area is 98.5 Å². The highest BCUT2D eigenvalue weighted by atomic mass is 35.5. The molecule has 0 aromatic rings. The fourth-order valence-corrected chi connectivity index (χ4v) is 0.185. The molecule has 14 heavy (non-hydrogen) atoms. The number of hydroxylamine groups is 1. The predicted octanol–water partition coefficient (Wildman–Crippen LogP) is 1.26. The zero-order valence-corrected chi connectivity index (χ0v) is 10.7. The van der Waals surface area contributed by atoms with Crippen molar-refractivity contribution in [3.8, 4) is 0 Å². The van der Waals surface area contributed by atoms with Crippen molar-refractivity contribution in [2.75, 3.05) is 27.7 Å². The fraction of sp³-hybridized carbons (Fsp3) is 0.625. The molecule has 1 N–H and O–H groups in total. The Morgan fingerprint density at radius 1 is 1.43 bits per heavy atom. The van der Waals surface area contributed by atoms with Crippen LogP contribution in [0.15, 0.2) is 12.7 Å². The lowest BCUT2D eigenvalue weighted by atomic mass is 10.7. The van der Waals surface area contributed by atoms with Gasteiger partial charge in [0.05, 0.1) is 0 Å². The van der Waals surface area contributed by atoms with Gasteiger partial charge in [-0.1, -0.05) is 6.58 Å². The molecule has 0 unspecified atom stereocenters. The van der Waals surface area contributed by atoms with Gasteiger partial charge >= 0.3 is 5.97 Å². The summed E-state index contributed by atoms with van der Waals surface area (Å²) < 4.78 is 0. The first-order valence-electron chi connectivity index (χ1n) is 3.71. The summed E-state index contributed by atoms with van der Waals surface area (Å²) in [5, 5.41) is 0. The van der Waals surface area contributed by atoms with Crippen LogP contribution >= 0.6 is 24.8 Å². The number of nitrogens with one attached hydrogen (secondary N) is 1. The van der Waals surface area contributed by atoms with E-state index in [-0.39, 0.29) is 24.8 Å². The van der Waals surface area contributed by atoms with Crippen molar-refractivity contribution in [2.45, 2.75) is 6.92 Å². The summed E-state index contributed by atoms with van der Waals surface area (Å²) in [7, 11) is 6.00. The van der Waals surface area contributed by atoms with Gasteiger partial charge in [-0.15, -0.1) is 24.8 Å². The molecule has 0 spiro atoms. The molecule has 88 valence electrons. The lowest BCUT2D eigenvalue weighted by molar-refractivity contribution is -0.144. The summed E-state index contributed by atoms with van der Waals surface area (Å²) in [5.41, 5.74) is 2.38. The molecule has 0 aromatic heterocycles. The average Bonchev–Trinajstić information content (AvgIpc) is 1.99. The maximum atomic E-state index is 10.2. The Morgan fingerprint density at radius 2 is 1.79 bits per heavy atom. The van der Waals surface area contributed by atoms with Gasteiger partial charge in [0.1, 0.15) is 0 Å². The van der Waals surface area contributed by atoms with Crippen molar-refractivity contribution in [2.24, 2.45) is 0 Å². The highest BCUT2D eigenvalue weighted by Crippen LogP contribution is 1.70. The zero-order chi connectivity index (χ0) is 9.98. The third-order valence-electron chi connectivity index (χ3n) is 0.484. The van der Waals surface area contributed by atoms with Crippen molar-refractivity contribution in [1.29, 1.82) is 0 Å². The van der Waals surface area contributed by atoms with E-state index in [0.29, 0.717) is 6.54 Å². The molecule has 0 saturated heterocycles. The summed E-state index contributed by atoms with van der Waals surface area (Å²) >= 11 is 0. The topological polar surface area (TPSA) is 41.6 Å². The second kappa shape index (κ2) is 18.5. The molecule has 0 saturated carbocycles. The highest BCUT2D eigenvalue weighted by Gasteiger charge is 1.89. The Hall–Kier alpha value is -0.290. The normalized spacial score (nSPS) is 7.21. The molecule has 6 heteroatoms. The molecule has 0 aliphatic heterocycles. The molecule has 0 aliphatic rings. The van der Waals surface area contributed by atoms with Crippen LogP contribution in [0.3, 0.4) is 0 Å². The zero-order valence-electron chi connectivity index (χ0n) is 9.07. The maximum Gasteiger partial charge on any atom is 0.348 e. The summed E-state index contributed by atoms with van der Waals surface area (Å²) in [6.45, 7) is 5.64. The van der Waals surface area contributed by atoms with Gasteiger partial charge in [-0.2, -0.15) is 5.48 Å². The molecule has 0 fully saturated rings. The molecule has 0 aliphatic carbocycles. The molecule has 0 bridgehead atoms. The van der Waals surface area contributed by atoms with Crippen LogP contribution in [0.5, 0.6) is 0 Å². The van der Waals surface area contributed by atoms with E-state index in [4.69, 9.17) is 0 Å². The lowest BCUT2D eigenvalue weighted by Gasteiger charge is -1.96. The van der Waals surface area contributed by atoms with Crippen LogP contribution in [0.1, 0.15) is 6.92 Å². The van der Waals surface area contributed by atoms with E-state index in [1.54, 1.807) is 0 Å². The molecule has 4 nitrogen and oxygen atoms in total. The Bertz CT molecular complexity index is 130. The van der Waals surface area contributed by atoms with Gasteiger partial charge in [0, 0.05) is 12.6 Å². The third kappa shape index (κ3) is 41.2. The molecular formula is C8H20Cl2N2O2. The first-order valence-corrected chi connectivity index (χ1v) is 3.71. The van der Waals surface area contributed by atoms with Crippen LogP contribution in [-0.4, -0.2) is 38.6 Å². The molecule has 0 radical (unpaired) electrons. The maximum absolute atomic E-state index is 10.2. The van der Waals surface area contributed by atoms with Gasteiger partial charge in [0.15, 0.2) is 0 Å². The minimum atomic E-state index is -0.452. The van der Waals surface area contributed by atoms with Crippen LogP contribution < -0.4 is 5.48 Å². The van der Waals surface area contributed by atoms with Gasteiger partial charge < -0.3 is 9.74 Å². The fourth-order valence-electron chi connectivity index (χ4n) is 0.185. The van der Waals surface area contributed by atoms with Gasteiger partial charge in [0.25, 0.3) is 0 Å². The second-order valence-electron chi connectivity index (χ2n) is 2.46. The van der Waals surface area contributed by atoms with E-state index in [1.807, 2.05) is 33.0 Å². The number of carbonyl (C=O) groups is 1. The molecule has 0 amide bonds. The average molecular weight is 247 g/mol. The first kappa shape index (κ1) is 23.5. The summed E-state index contributed by atoms with van der Waals surface area (Å²) in [5.74, 6) is -0.452. The monoisotopic (exact) mass is 246 g/mol. The van der Waals surface area contributed by atoms with Crippen molar-refractivity contribution >= 4 is 30.8 Å². The van der Waals surface area contributed by atoms with Crippen LogP contribution in [0, 0.1) is 0 Å². The minimum Gasteiger partial charge on any atom is -0.367 e. The number of halogens is 2. The second-order valence-corrected chi connectivity index (χ2v) is 2.46.